The number of nitrogens with zero attached hydrogens (tertiary/aromatic N) is 1. The number of Topliss-reactive ketones (excluding diaryl/α,β-unsaturated/α-hetero) is 1. The van der Waals surface area contributed by atoms with E-state index < -0.39 is 17.8 Å². The minimum atomic E-state index is -1.06. The Morgan fingerprint density at radius 2 is 1.82 bits per heavy atom. The number of hydrogen-bond donors (Lipinski definition) is 1. The first-order valence-corrected chi connectivity index (χ1v) is 11.6. The number of benzene rings is 2. The standard InChI is InChI=1S/C26H28ClNO6/c1-4-21(28-33-6-3)24-22(29)15-20(23(25(24)30)26(31)32-5-2)16-8-7-9-19(14-16)34-18-12-10-17(27)11-13-18/h7-14,20,23,30H,4-6,15H2,1-3H3/b28-21+. The highest BCUT2D eigenvalue weighted by Gasteiger charge is 2.43. The molecule has 0 aromatic heterocycles. The topological polar surface area (TPSA) is 94.4 Å². The van der Waals surface area contributed by atoms with Gasteiger partial charge < -0.3 is 19.4 Å². The number of aliphatic hydroxyl groups excluding tert-OH is 1. The third-order valence-electron chi connectivity index (χ3n) is 5.44. The molecule has 3 rings (SSSR count). The second-order valence-corrected chi connectivity index (χ2v) is 8.10. The number of halogens is 1. The molecule has 2 aromatic rings. The van der Waals surface area contributed by atoms with E-state index in [-0.39, 0.29) is 30.1 Å². The van der Waals surface area contributed by atoms with Gasteiger partial charge in [0, 0.05) is 17.4 Å². The van der Waals surface area contributed by atoms with E-state index >= 15 is 0 Å². The summed E-state index contributed by atoms with van der Waals surface area (Å²) in [4.78, 5) is 31.2. The summed E-state index contributed by atoms with van der Waals surface area (Å²) < 4.78 is 11.2. The van der Waals surface area contributed by atoms with Crippen molar-refractivity contribution in [1.29, 1.82) is 0 Å². The van der Waals surface area contributed by atoms with E-state index in [1.54, 1.807) is 69.3 Å². The Bertz CT molecular complexity index is 1090. The van der Waals surface area contributed by atoms with Crippen molar-refractivity contribution in [2.75, 3.05) is 13.2 Å². The van der Waals surface area contributed by atoms with Crippen LogP contribution in [0.15, 0.2) is 65.0 Å². The summed E-state index contributed by atoms with van der Waals surface area (Å²) in [6.45, 7) is 5.72. The molecular formula is C26H28ClNO6. The highest BCUT2D eigenvalue weighted by atomic mass is 35.5. The zero-order valence-electron chi connectivity index (χ0n) is 19.4. The van der Waals surface area contributed by atoms with Crippen molar-refractivity contribution in [2.45, 2.75) is 39.5 Å². The predicted octanol–water partition coefficient (Wildman–Crippen LogP) is 5.98. The number of rotatable bonds is 9. The predicted molar refractivity (Wildman–Crippen MR) is 129 cm³/mol. The van der Waals surface area contributed by atoms with E-state index in [9.17, 15) is 14.7 Å². The minimum absolute atomic E-state index is 0.00157. The van der Waals surface area contributed by atoms with Crippen LogP contribution >= 0.6 is 11.6 Å². The smallest absolute Gasteiger partial charge is 0.317 e. The van der Waals surface area contributed by atoms with Gasteiger partial charge in [0.1, 0.15) is 29.8 Å². The van der Waals surface area contributed by atoms with E-state index in [4.69, 9.17) is 25.9 Å². The summed E-state index contributed by atoms with van der Waals surface area (Å²) in [5.74, 6) is -1.84. The van der Waals surface area contributed by atoms with Crippen molar-refractivity contribution in [3.8, 4) is 11.5 Å². The lowest BCUT2D eigenvalue weighted by Crippen LogP contribution is -2.35. The molecule has 1 aliphatic rings. The van der Waals surface area contributed by atoms with Gasteiger partial charge in [-0.2, -0.15) is 0 Å². The second kappa shape index (κ2) is 11.7. The Balaban J connectivity index is 2.01. The van der Waals surface area contributed by atoms with Crippen LogP contribution in [-0.2, 0) is 19.2 Å². The summed E-state index contributed by atoms with van der Waals surface area (Å²) in [6.07, 6.45) is 0.355. The lowest BCUT2D eigenvalue weighted by Gasteiger charge is -2.31. The Morgan fingerprint density at radius 3 is 2.47 bits per heavy atom. The quantitative estimate of drug-likeness (QED) is 0.266. The Hall–Kier alpha value is -3.32. The maximum atomic E-state index is 13.1. The Kier molecular flexibility index (Phi) is 8.71. The minimum Gasteiger partial charge on any atom is -0.511 e. The van der Waals surface area contributed by atoms with Gasteiger partial charge in [0.25, 0.3) is 0 Å². The molecule has 0 aliphatic heterocycles. The first kappa shape index (κ1) is 25.3. The summed E-state index contributed by atoms with van der Waals surface area (Å²) in [7, 11) is 0. The van der Waals surface area contributed by atoms with E-state index in [0.717, 1.165) is 0 Å². The largest absolute Gasteiger partial charge is 0.511 e. The van der Waals surface area contributed by atoms with Gasteiger partial charge in [0.05, 0.1) is 17.9 Å². The second-order valence-electron chi connectivity index (χ2n) is 7.66. The fourth-order valence-corrected chi connectivity index (χ4v) is 4.04. The zero-order chi connectivity index (χ0) is 24.7. The van der Waals surface area contributed by atoms with Crippen molar-refractivity contribution < 1.29 is 29.0 Å². The average molecular weight is 486 g/mol. The lowest BCUT2D eigenvalue weighted by atomic mass is 9.73. The molecule has 34 heavy (non-hydrogen) atoms. The lowest BCUT2D eigenvalue weighted by molar-refractivity contribution is -0.148. The van der Waals surface area contributed by atoms with E-state index in [2.05, 4.69) is 5.16 Å². The molecule has 180 valence electrons. The molecule has 0 radical (unpaired) electrons. The molecule has 0 spiro atoms. The van der Waals surface area contributed by atoms with Crippen LogP contribution < -0.4 is 4.74 Å². The summed E-state index contributed by atoms with van der Waals surface area (Å²) >= 11 is 5.94. The molecule has 0 saturated carbocycles. The molecule has 0 amide bonds. The number of ether oxygens (including phenoxy) is 2. The summed E-state index contributed by atoms with van der Waals surface area (Å²) in [5.41, 5.74) is 0.999. The first-order chi connectivity index (χ1) is 16.4. The molecule has 0 saturated heterocycles. The van der Waals surface area contributed by atoms with Crippen LogP contribution in [0.1, 0.15) is 45.1 Å². The normalized spacial score (nSPS) is 18.6. The molecular weight excluding hydrogens is 458 g/mol. The SMILES string of the molecule is CCO/N=C(\CC)C1=C(O)C(C(=O)OCC)C(c2cccc(Oc3ccc(Cl)cc3)c2)CC1=O. The number of allylic oxidation sites excluding steroid dienone is 1. The highest BCUT2D eigenvalue weighted by molar-refractivity contribution is 6.30. The van der Waals surface area contributed by atoms with Crippen LogP contribution in [0.25, 0.3) is 0 Å². The molecule has 1 N–H and O–H groups in total. The van der Waals surface area contributed by atoms with Crippen LogP contribution in [0.3, 0.4) is 0 Å². The number of carbonyl (C=O) groups excluding carboxylic acids is 2. The van der Waals surface area contributed by atoms with Crippen LogP contribution in [-0.4, -0.2) is 35.8 Å². The van der Waals surface area contributed by atoms with E-state index in [1.165, 1.54) is 0 Å². The zero-order valence-corrected chi connectivity index (χ0v) is 20.2. The van der Waals surface area contributed by atoms with Gasteiger partial charge in [-0.25, -0.2) is 0 Å². The molecule has 0 bridgehead atoms. The Labute approximate surface area is 204 Å². The van der Waals surface area contributed by atoms with Crippen molar-refractivity contribution >= 4 is 29.1 Å². The molecule has 2 atom stereocenters. The third kappa shape index (κ3) is 5.78. The van der Waals surface area contributed by atoms with Gasteiger partial charge in [-0.05, 0) is 62.2 Å². The molecule has 0 fully saturated rings. The average Bonchev–Trinajstić information content (AvgIpc) is 2.82. The van der Waals surface area contributed by atoms with Gasteiger partial charge >= 0.3 is 5.97 Å². The number of aliphatic hydroxyl groups is 1. The van der Waals surface area contributed by atoms with Gasteiger partial charge in [0.2, 0.25) is 0 Å². The van der Waals surface area contributed by atoms with Crippen LogP contribution in [0.5, 0.6) is 11.5 Å². The van der Waals surface area contributed by atoms with Crippen molar-refractivity contribution in [1.82, 2.24) is 0 Å². The summed E-state index contributed by atoms with van der Waals surface area (Å²) in [6, 6.07) is 14.0. The van der Waals surface area contributed by atoms with E-state index in [1.807, 2.05) is 0 Å². The van der Waals surface area contributed by atoms with Crippen molar-refractivity contribution in [3.63, 3.8) is 0 Å². The van der Waals surface area contributed by atoms with Crippen LogP contribution in [0.2, 0.25) is 5.02 Å². The Morgan fingerprint density at radius 1 is 1.09 bits per heavy atom. The van der Waals surface area contributed by atoms with Gasteiger partial charge in [-0.3, -0.25) is 9.59 Å². The third-order valence-corrected chi connectivity index (χ3v) is 5.69. The number of hydrogen-bond acceptors (Lipinski definition) is 7. The first-order valence-electron chi connectivity index (χ1n) is 11.2. The molecule has 1 aliphatic carbocycles. The maximum Gasteiger partial charge on any atom is 0.317 e. The molecule has 8 heteroatoms. The fraction of sp³-hybridized carbons (Fsp3) is 0.346. The fourth-order valence-electron chi connectivity index (χ4n) is 3.91. The van der Waals surface area contributed by atoms with E-state index in [0.29, 0.717) is 40.8 Å². The molecule has 7 nitrogen and oxygen atoms in total. The van der Waals surface area contributed by atoms with Crippen molar-refractivity contribution in [2.24, 2.45) is 11.1 Å². The van der Waals surface area contributed by atoms with Gasteiger partial charge in [-0.1, -0.05) is 35.8 Å². The van der Waals surface area contributed by atoms with Crippen molar-refractivity contribution in [3.05, 3.63) is 70.4 Å². The number of carbonyl (C=O) groups is 2. The number of esters is 1. The number of oxime groups is 1. The molecule has 2 aromatic carbocycles. The van der Waals surface area contributed by atoms with Crippen LogP contribution in [0, 0.1) is 5.92 Å². The van der Waals surface area contributed by atoms with Gasteiger partial charge in [0.15, 0.2) is 5.78 Å². The molecule has 0 heterocycles. The monoisotopic (exact) mass is 485 g/mol. The van der Waals surface area contributed by atoms with Crippen LogP contribution in [0.4, 0.5) is 0 Å². The highest BCUT2D eigenvalue weighted by Crippen LogP contribution is 2.41. The van der Waals surface area contributed by atoms with Gasteiger partial charge in [-0.15, -0.1) is 0 Å². The summed E-state index contributed by atoms with van der Waals surface area (Å²) in [5, 5.41) is 15.7. The number of ketones is 1. The maximum absolute atomic E-state index is 13.1. The molecule has 2 unspecified atom stereocenters.